The number of hydrogen-bond acceptors (Lipinski definition) is 6. The molecule has 0 atom stereocenters. The van der Waals surface area contributed by atoms with Gasteiger partial charge in [-0.3, -0.25) is 4.79 Å². The van der Waals surface area contributed by atoms with Crippen molar-refractivity contribution in [2.75, 3.05) is 30.5 Å². The van der Waals surface area contributed by atoms with E-state index in [0.29, 0.717) is 12.4 Å². The molecule has 1 amide bonds. The summed E-state index contributed by atoms with van der Waals surface area (Å²) in [6.45, 7) is 7.02. The second-order valence-corrected chi connectivity index (χ2v) is 4.96. The summed E-state index contributed by atoms with van der Waals surface area (Å²) in [7, 11) is 1.83. The lowest BCUT2D eigenvalue weighted by molar-refractivity contribution is -0.119. The molecule has 0 unspecified atom stereocenters. The van der Waals surface area contributed by atoms with Gasteiger partial charge < -0.3 is 15.6 Å². The molecule has 1 aromatic rings. The molecule has 0 saturated carbocycles. The van der Waals surface area contributed by atoms with E-state index in [9.17, 15) is 4.79 Å². The molecule has 0 aliphatic carbocycles. The third-order valence-corrected chi connectivity index (χ3v) is 2.89. The van der Waals surface area contributed by atoms with E-state index < -0.39 is 0 Å². The first-order valence-corrected chi connectivity index (χ1v) is 6.80. The first-order chi connectivity index (χ1) is 9.51. The molecule has 7 nitrogen and oxygen atoms in total. The Morgan fingerprint density at radius 3 is 2.70 bits per heavy atom. The van der Waals surface area contributed by atoms with Crippen LogP contribution in [0.3, 0.4) is 0 Å². The summed E-state index contributed by atoms with van der Waals surface area (Å²) in [5.41, 5.74) is 3.48. The van der Waals surface area contributed by atoms with E-state index in [2.05, 4.69) is 20.7 Å². The van der Waals surface area contributed by atoms with Gasteiger partial charge in [0, 0.05) is 19.2 Å². The fourth-order valence-electron chi connectivity index (χ4n) is 1.95. The number of hydrazine groups is 1. The Morgan fingerprint density at radius 1 is 1.45 bits per heavy atom. The van der Waals surface area contributed by atoms with Crippen LogP contribution in [0.5, 0.6) is 0 Å². The lowest BCUT2D eigenvalue weighted by atomic mass is 10.0. The van der Waals surface area contributed by atoms with Crippen molar-refractivity contribution in [2.24, 2.45) is 5.84 Å². The number of amides is 1. The van der Waals surface area contributed by atoms with E-state index in [1.165, 1.54) is 6.33 Å². The fourth-order valence-corrected chi connectivity index (χ4v) is 1.95. The normalized spacial score (nSPS) is 10.5. The molecule has 0 radical (unpaired) electrons. The highest BCUT2D eigenvalue weighted by Gasteiger charge is 2.18. The number of carbonyl (C=O) groups is 1. The molecule has 1 heterocycles. The van der Waals surface area contributed by atoms with Gasteiger partial charge in [0.25, 0.3) is 0 Å². The topological polar surface area (TPSA) is 96.2 Å². The summed E-state index contributed by atoms with van der Waals surface area (Å²) >= 11 is 0. The number of nitrogens with zero attached hydrogens (tertiary/aromatic N) is 3. The molecular formula is C13H24N6O. The Morgan fingerprint density at radius 2 is 2.15 bits per heavy atom. The number of rotatable bonds is 7. The molecule has 4 N–H and O–H groups in total. The zero-order valence-corrected chi connectivity index (χ0v) is 12.6. The van der Waals surface area contributed by atoms with Crippen LogP contribution in [0.15, 0.2) is 6.33 Å². The summed E-state index contributed by atoms with van der Waals surface area (Å²) in [5.74, 6) is 6.96. The Hall–Kier alpha value is -1.89. The Balaban J connectivity index is 2.92. The molecule has 0 spiro atoms. The number of aromatic nitrogens is 2. The Labute approximate surface area is 119 Å². The molecule has 0 fully saturated rings. The van der Waals surface area contributed by atoms with Crippen molar-refractivity contribution in [3.63, 3.8) is 0 Å². The van der Waals surface area contributed by atoms with Crippen LogP contribution < -0.4 is 21.5 Å². The van der Waals surface area contributed by atoms with Gasteiger partial charge in [0.2, 0.25) is 5.91 Å². The number of likely N-dealkylation sites (N-methyl/N-ethyl adjacent to an activating group) is 1. The van der Waals surface area contributed by atoms with Gasteiger partial charge in [0.05, 0.1) is 6.54 Å². The molecule has 7 heteroatoms. The van der Waals surface area contributed by atoms with Crippen molar-refractivity contribution >= 4 is 17.5 Å². The highest BCUT2D eigenvalue weighted by atomic mass is 16.2. The quantitative estimate of drug-likeness (QED) is 0.506. The first-order valence-electron chi connectivity index (χ1n) is 6.80. The van der Waals surface area contributed by atoms with E-state index in [1.54, 1.807) is 0 Å². The maximum atomic E-state index is 11.8. The van der Waals surface area contributed by atoms with E-state index in [4.69, 9.17) is 5.84 Å². The van der Waals surface area contributed by atoms with Gasteiger partial charge in [0.1, 0.15) is 18.0 Å². The minimum absolute atomic E-state index is 0.0232. The Kier molecular flexibility index (Phi) is 6.17. The summed E-state index contributed by atoms with van der Waals surface area (Å²) in [5, 5.41) is 2.85. The van der Waals surface area contributed by atoms with Crippen LogP contribution in [0.4, 0.5) is 11.6 Å². The molecule has 0 aliphatic heterocycles. The van der Waals surface area contributed by atoms with Crippen LogP contribution in [0.25, 0.3) is 0 Å². The fraction of sp³-hybridized carbons (Fsp3) is 0.615. The average molecular weight is 280 g/mol. The predicted molar refractivity (Wildman–Crippen MR) is 80.5 cm³/mol. The minimum Gasteiger partial charge on any atom is -0.355 e. The highest BCUT2D eigenvalue weighted by molar-refractivity contribution is 5.81. The predicted octanol–water partition coefficient (Wildman–Crippen LogP) is 0.848. The molecular weight excluding hydrogens is 256 g/mol. The monoisotopic (exact) mass is 280 g/mol. The van der Waals surface area contributed by atoms with Crippen LogP contribution in [0, 0.1) is 0 Å². The van der Waals surface area contributed by atoms with Crippen molar-refractivity contribution < 1.29 is 4.79 Å². The molecule has 0 aromatic carbocycles. The van der Waals surface area contributed by atoms with E-state index >= 15 is 0 Å². The van der Waals surface area contributed by atoms with Crippen LogP contribution in [0.2, 0.25) is 0 Å². The van der Waals surface area contributed by atoms with Crippen molar-refractivity contribution in [1.29, 1.82) is 0 Å². The largest absolute Gasteiger partial charge is 0.355 e. The van der Waals surface area contributed by atoms with E-state index in [-0.39, 0.29) is 18.4 Å². The van der Waals surface area contributed by atoms with Gasteiger partial charge in [0.15, 0.2) is 0 Å². The molecule has 20 heavy (non-hydrogen) atoms. The molecule has 0 saturated heterocycles. The SMILES string of the molecule is CCCNC(=O)CN(C)c1ncnc(NN)c1C(C)C. The van der Waals surface area contributed by atoms with Gasteiger partial charge in [-0.2, -0.15) is 0 Å². The molecule has 0 aliphatic rings. The number of nitrogen functional groups attached to an aromatic ring is 1. The summed E-state index contributed by atoms with van der Waals surface area (Å²) < 4.78 is 0. The van der Waals surface area contributed by atoms with Crippen molar-refractivity contribution in [3.8, 4) is 0 Å². The number of nitrogens with two attached hydrogens (primary N) is 1. The smallest absolute Gasteiger partial charge is 0.239 e. The number of carbonyl (C=O) groups excluding carboxylic acids is 1. The lowest BCUT2D eigenvalue weighted by Crippen LogP contribution is -2.36. The number of hydrogen-bond donors (Lipinski definition) is 3. The molecule has 0 bridgehead atoms. The summed E-state index contributed by atoms with van der Waals surface area (Å²) in [6.07, 6.45) is 2.36. The molecule has 1 aromatic heterocycles. The van der Waals surface area contributed by atoms with Crippen LogP contribution in [-0.4, -0.2) is 36.0 Å². The second kappa shape index (κ2) is 7.64. The number of anilines is 2. The third kappa shape index (κ3) is 4.06. The van der Waals surface area contributed by atoms with Gasteiger partial charge in [-0.25, -0.2) is 15.8 Å². The van der Waals surface area contributed by atoms with Crippen molar-refractivity contribution in [1.82, 2.24) is 15.3 Å². The third-order valence-electron chi connectivity index (χ3n) is 2.89. The molecule has 112 valence electrons. The highest BCUT2D eigenvalue weighted by Crippen LogP contribution is 2.29. The van der Waals surface area contributed by atoms with Gasteiger partial charge in [-0.15, -0.1) is 0 Å². The Bertz CT molecular complexity index is 448. The lowest BCUT2D eigenvalue weighted by Gasteiger charge is -2.23. The van der Waals surface area contributed by atoms with Crippen molar-refractivity contribution in [2.45, 2.75) is 33.1 Å². The van der Waals surface area contributed by atoms with Crippen LogP contribution >= 0.6 is 0 Å². The second-order valence-electron chi connectivity index (χ2n) is 4.96. The zero-order valence-electron chi connectivity index (χ0n) is 12.6. The van der Waals surface area contributed by atoms with Crippen LogP contribution in [0.1, 0.15) is 38.7 Å². The van der Waals surface area contributed by atoms with Gasteiger partial charge >= 0.3 is 0 Å². The number of nitrogens with one attached hydrogen (secondary N) is 2. The standard InChI is InChI=1S/C13H24N6O/c1-5-6-15-10(20)7-19(4)13-11(9(2)3)12(18-14)16-8-17-13/h8-9H,5-7,14H2,1-4H3,(H,15,20)(H,16,17,18). The summed E-state index contributed by atoms with van der Waals surface area (Å²) in [4.78, 5) is 22.0. The van der Waals surface area contributed by atoms with Crippen molar-refractivity contribution in [3.05, 3.63) is 11.9 Å². The summed E-state index contributed by atoms with van der Waals surface area (Å²) in [6, 6.07) is 0. The first kappa shape index (κ1) is 16.2. The zero-order chi connectivity index (χ0) is 15.1. The van der Waals surface area contributed by atoms with E-state index in [0.717, 1.165) is 17.8 Å². The maximum absolute atomic E-state index is 11.8. The molecule has 1 rings (SSSR count). The van der Waals surface area contributed by atoms with Gasteiger partial charge in [-0.1, -0.05) is 20.8 Å². The van der Waals surface area contributed by atoms with Crippen LogP contribution in [-0.2, 0) is 4.79 Å². The van der Waals surface area contributed by atoms with Gasteiger partial charge in [-0.05, 0) is 12.3 Å². The van der Waals surface area contributed by atoms with E-state index in [1.807, 2.05) is 32.7 Å². The maximum Gasteiger partial charge on any atom is 0.239 e. The minimum atomic E-state index is -0.0232. The average Bonchev–Trinajstić information content (AvgIpc) is 2.43.